The van der Waals surface area contributed by atoms with Gasteiger partial charge in [0.2, 0.25) is 11.9 Å². The van der Waals surface area contributed by atoms with Crippen LogP contribution in [-0.2, 0) is 14.3 Å². The van der Waals surface area contributed by atoms with E-state index in [0.717, 1.165) is 16.5 Å². The Morgan fingerprint density at radius 2 is 2.00 bits per heavy atom. The van der Waals surface area contributed by atoms with Crippen molar-refractivity contribution in [3.8, 4) is 17.3 Å². The summed E-state index contributed by atoms with van der Waals surface area (Å²) < 4.78 is 11.8. The van der Waals surface area contributed by atoms with Gasteiger partial charge in [-0.2, -0.15) is 15.0 Å². The van der Waals surface area contributed by atoms with E-state index in [1.54, 1.807) is 23.2 Å². The Hall–Kier alpha value is -4.05. The van der Waals surface area contributed by atoms with Gasteiger partial charge in [0.15, 0.2) is 5.82 Å². The van der Waals surface area contributed by atoms with Crippen molar-refractivity contribution in [1.82, 2.24) is 29.5 Å². The van der Waals surface area contributed by atoms with Gasteiger partial charge in [-0.1, -0.05) is 12.1 Å². The fraction of sp³-hybridized carbons (Fsp3) is 0.227. The predicted octanol–water partition coefficient (Wildman–Crippen LogP) is 2.23. The van der Waals surface area contributed by atoms with Crippen LogP contribution in [0.5, 0.6) is 0 Å². The van der Waals surface area contributed by atoms with Crippen molar-refractivity contribution in [2.45, 2.75) is 0 Å². The molecule has 1 aromatic carbocycles. The Labute approximate surface area is 183 Å². The van der Waals surface area contributed by atoms with Crippen LogP contribution in [-0.4, -0.2) is 68.9 Å². The summed E-state index contributed by atoms with van der Waals surface area (Å²) in [5, 5.41) is 1.03. The molecule has 1 N–H and O–H groups in total. The number of morpholine rings is 1. The van der Waals surface area contributed by atoms with Crippen LogP contribution < -0.4 is 4.90 Å². The molecule has 32 heavy (non-hydrogen) atoms. The lowest BCUT2D eigenvalue weighted by Crippen LogP contribution is -2.37. The molecule has 10 heteroatoms. The maximum atomic E-state index is 11.4. The molecule has 5 rings (SSSR count). The molecule has 4 aromatic rings. The van der Waals surface area contributed by atoms with Crippen LogP contribution in [0.25, 0.3) is 34.3 Å². The van der Waals surface area contributed by atoms with Gasteiger partial charge in [0.25, 0.3) is 0 Å². The van der Waals surface area contributed by atoms with E-state index < -0.39 is 5.97 Å². The number of nitrogens with one attached hydrogen (secondary N) is 1. The first-order valence-corrected chi connectivity index (χ1v) is 10.2. The fourth-order valence-electron chi connectivity index (χ4n) is 3.53. The highest BCUT2D eigenvalue weighted by Gasteiger charge is 2.19. The maximum absolute atomic E-state index is 11.4. The number of carbonyl (C=O) groups excluding carboxylic acids is 1. The first kappa shape index (κ1) is 19.9. The number of hydrogen-bond donors (Lipinski definition) is 1. The minimum absolute atomic E-state index is 0.439. The summed E-state index contributed by atoms with van der Waals surface area (Å²) in [5.41, 5.74) is 2.50. The second-order valence-corrected chi connectivity index (χ2v) is 7.17. The summed E-state index contributed by atoms with van der Waals surface area (Å²) in [5.74, 6) is 1.15. The number of aromatic amines is 1. The minimum Gasteiger partial charge on any atom is -0.466 e. The monoisotopic (exact) mass is 431 g/mol. The van der Waals surface area contributed by atoms with E-state index >= 15 is 0 Å². The molecule has 162 valence electrons. The van der Waals surface area contributed by atoms with Crippen LogP contribution in [0.15, 0.2) is 49.1 Å². The largest absolute Gasteiger partial charge is 0.466 e. The average molecular weight is 431 g/mol. The SMILES string of the molecule is COC(=O)/C=C/c1cn(-c2nc(-c3cccc4[nH]ccc34)nc(N3CCOCC3)n2)cn1. The summed E-state index contributed by atoms with van der Waals surface area (Å²) in [6.45, 7) is 2.65. The number of ether oxygens (including phenoxy) is 2. The van der Waals surface area contributed by atoms with E-state index in [4.69, 9.17) is 19.7 Å². The zero-order valence-electron chi connectivity index (χ0n) is 17.4. The van der Waals surface area contributed by atoms with Gasteiger partial charge in [-0.3, -0.25) is 4.57 Å². The third-order valence-corrected chi connectivity index (χ3v) is 5.17. The molecule has 0 spiro atoms. The molecule has 0 bridgehead atoms. The highest BCUT2D eigenvalue weighted by atomic mass is 16.5. The predicted molar refractivity (Wildman–Crippen MR) is 118 cm³/mol. The molecule has 0 atom stereocenters. The van der Waals surface area contributed by atoms with Gasteiger partial charge in [0.1, 0.15) is 6.33 Å². The van der Waals surface area contributed by atoms with Crippen molar-refractivity contribution in [3.63, 3.8) is 0 Å². The lowest BCUT2D eigenvalue weighted by Gasteiger charge is -2.27. The molecule has 0 aliphatic carbocycles. The summed E-state index contributed by atoms with van der Waals surface area (Å²) in [6.07, 6.45) is 8.15. The number of H-pyrrole nitrogens is 1. The molecule has 0 amide bonds. The first-order chi connectivity index (χ1) is 15.7. The molecule has 0 saturated carbocycles. The van der Waals surface area contributed by atoms with E-state index in [1.807, 2.05) is 30.5 Å². The molecule has 1 fully saturated rings. The number of nitrogens with zero attached hydrogens (tertiary/aromatic N) is 6. The molecular weight excluding hydrogens is 410 g/mol. The number of methoxy groups -OCH3 is 1. The van der Waals surface area contributed by atoms with Gasteiger partial charge >= 0.3 is 5.97 Å². The van der Waals surface area contributed by atoms with E-state index in [-0.39, 0.29) is 0 Å². The topological polar surface area (TPSA) is 111 Å². The van der Waals surface area contributed by atoms with Crippen LogP contribution in [0.3, 0.4) is 0 Å². The minimum atomic E-state index is -0.448. The quantitative estimate of drug-likeness (QED) is 0.378. The molecule has 0 unspecified atom stereocenters. The first-order valence-electron chi connectivity index (χ1n) is 10.2. The number of aromatic nitrogens is 6. The van der Waals surface area contributed by atoms with Gasteiger partial charge < -0.3 is 19.4 Å². The zero-order chi connectivity index (χ0) is 21.9. The maximum Gasteiger partial charge on any atom is 0.330 e. The zero-order valence-corrected chi connectivity index (χ0v) is 17.4. The van der Waals surface area contributed by atoms with Crippen LogP contribution in [0.2, 0.25) is 0 Å². The van der Waals surface area contributed by atoms with Crippen molar-refractivity contribution in [2.75, 3.05) is 38.3 Å². The Morgan fingerprint density at radius 3 is 2.84 bits per heavy atom. The number of anilines is 1. The Bertz CT molecular complexity index is 1290. The fourth-order valence-corrected chi connectivity index (χ4v) is 3.53. The van der Waals surface area contributed by atoms with Crippen molar-refractivity contribution in [1.29, 1.82) is 0 Å². The molecular formula is C22H21N7O3. The Kier molecular flexibility index (Phi) is 5.34. The summed E-state index contributed by atoms with van der Waals surface area (Å²) in [7, 11) is 1.33. The number of imidazole rings is 1. The lowest BCUT2D eigenvalue weighted by atomic mass is 10.1. The van der Waals surface area contributed by atoms with E-state index in [9.17, 15) is 4.79 Å². The van der Waals surface area contributed by atoms with Crippen LogP contribution in [0, 0.1) is 0 Å². The number of fused-ring (bicyclic) bond motifs is 1. The molecule has 4 heterocycles. The third-order valence-electron chi connectivity index (χ3n) is 5.17. The van der Waals surface area contributed by atoms with Gasteiger partial charge in [-0.15, -0.1) is 0 Å². The summed E-state index contributed by atoms with van der Waals surface area (Å²) in [6, 6.07) is 7.99. The number of carbonyl (C=O) groups is 1. The van der Waals surface area contributed by atoms with Crippen LogP contribution >= 0.6 is 0 Å². The van der Waals surface area contributed by atoms with Crippen molar-refractivity contribution in [3.05, 3.63) is 54.8 Å². The van der Waals surface area contributed by atoms with E-state index in [2.05, 4.69) is 19.6 Å². The van der Waals surface area contributed by atoms with Gasteiger partial charge in [0.05, 0.1) is 26.0 Å². The number of hydrogen-bond acceptors (Lipinski definition) is 8. The molecule has 10 nitrogen and oxygen atoms in total. The van der Waals surface area contributed by atoms with Crippen molar-refractivity contribution in [2.24, 2.45) is 0 Å². The van der Waals surface area contributed by atoms with Crippen molar-refractivity contribution < 1.29 is 14.3 Å². The third kappa shape index (κ3) is 3.95. The van der Waals surface area contributed by atoms with Crippen LogP contribution in [0.1, 0.15) is 5.69 Å². The van der Waals surface area contributed by atoms with Crippen LogP contribution in [0.4, 0.5) is 5.95 Å². The van der Waals surface area contributed by atoms with E-state index in [0.29, 0.717) is 49.7 Å². The van der Waals surface area contributed by atoms with Gasteiger partial charge in [-0.25, -0.2) is 9.78 Å². The second kappa shape index (κ2) is 8.60. The summed E-state index contributed by atoms with van der Waals surface area (Å²) in [4.78, 5) is 35.2. The average Bonchev–Trinajstić information content (AvgIpc) is 3.52. The molecule has 0 radical (unpaired) electrons. The molecule has 1 saturated heterocycles. The highest BCUT2D eigenvalue weighted by molar-refractivity contribution is 5.93. The standard InChI is InChI=1S/C22H21N7O3/c1-31-19(30)6-5-15-13-29(14-24-15)22-26-20(17-3-2-4-18-16(17)7-8-23-18)25-21(27-22)28-9-11-32-12-10-28/h2-8,13-14,23H,9-12H2,1H3/b6-5+. The van der Waals surface area contributed by atoms with Crippen molar-refractivity contribution >= 4 is 28.9 Å². The van der Waals surface area contributed by atoms with Gasteiger partial charge in [0, 0.05) is 48.0 Å². The normalized spacial score (nSPS) is 14.3. The molecule has 1 aliphatic rings. The molecule has 1 aliphatic heterocycles. The number of benzene rings is 1. The number of rotatable bonds is 5. The Balaban J connectivity index is 1.59. The molecule has 3 aromatic heterocycles. The van der Waals surface area contributed by atoms with E-state index in [1.165, 1.54) is 13.2 Å². The number of esters is 1. The lowest BCUT2D eigenvalue weighted by molar-refractivity contribution is -0.134. The Morgan fingerprint density at radius 1 is 1.16 bits per heavy atom. The second-order valence-electron chi connectivity index (χ2n) is 7.17. The smallest absolute Gasteiger partial charge is 0.330 e. The highest BCUT2D eigenvalue weighted by Crippen LogP contribution is 2.27. The van der Waals surface area contributed by atoms with Gasteiger partial charge in [-0.05, 0) is 18.2 Å². The summed E-state index contributed by atoms with van der Waals surface area (Å²) >= 11 is 0.